The second-order valence-electron chi connectivity index (χ2n) is 8.99. The lowest BCUT2D eigenvalue weighted by molar-refractivity contribution is -0.116. The molecule has 0 amide bonds. The maximum atomic E-state index is 13.3. The number of carbonyl (C=O) groups excluding carboxylic acids is 2. The SMILES string of the molecule is COc1cc(C2C3=C(CCCC3=O)Nc3ccc4ncccc4c32)ccc1OC(=O)c1ccccc1. The number of benzene rings is 3. The van der Waals surface area contributed by atoms with Crippen molar-refractivity contribution in [2.75, 3.05) is 12.4 Å². The molecule has 0 saturated carbocycles. The third-order valence-electron chi connectivity index (χ3n) is 6.88. The number of hydrogen-bond acceptors (Lipinski definition) is 6. The predicted molar refractivity (Wildman–Crippen MR) is 137 cm³/mol. The normalized spacial score (nSPS) is 16.7. The third-order valence-corrected chi connectivity index (χ3v) is 6.88. The van der Waals surface area contributed by atoms with Gasteiger partial charge in [-0.2, -0.15) is 0 Å². The summed E-state index contributed by atoms with van der Waals surface area (Å²) < 4.78 is 11.3. The molecule has 1 aliphatic carbocycles. The van der Waals surface area contributed by atoms with Crippen LogP contribution in [-0.2, 0) is 4.79 Å². The van der Waals surface area contributed by atoms with E-state index in [1.165, 1.54) is 0 Å². The van der Waals surface area contributed by atoms with Gasteiger partial charge in [0.15, 0.2) is 17.3 Å². The molecule has 178 valence electrons. The van der Waals surface area contributed by atoms with Crippen molar-refractivity contribution in [2.24, 2.45) is 0 Å². The van der Waals surface area contributed by atoms with Crippen LogP contribution in [0.4, 0.5) is 5.69 Å². The molecule has 1 atom stereocenters. The zero-order valence-electron chi connectivity index (χ0n) is 19.8. The third kappa shape index (κ3) is 3.71. The van der Waals surface area contributed by atoms with E-state index < -0.39 is 5.97 Å². The van der Waals surface area contributed by atoms with Crippen LogP contribution in [0, 0.1) is 0 Å². The van der Waals surface area contributed by atoms with Crippen molar-refractivity contribution in [3.8, 4) is 11.5 Å². The number of allylic oxidation sites excluding steroid dienone is 2. The van der Waals surface area contributed by atoms with Crippen LogP contribution in [0.5, 0.6) is 11.5 Å². The van der Waals surface area contributed by atoms with Gasteiger partial charge in [-0.05, 0) is 66.4 Å². The Morgan fingerprint density at radius 2 is 1.83 bits per heavy atom. The molecule has 2 aliphatic rings. The zero-order chi connectivity index (χ0) is 24.6. The van der Waals surface area contributed by atoms with Crippen molar-refractivity contribution >= 4 is 28.3 Å². The molecule has 4 aromatic rings. The number of fused-ring (bicyclic) bond motifs is 3. The summed E-state index contributed by atoms with van der Waals surface area (Å²) in [5.41, 5.74) is 5.99. The molecule has 6 heteroatoms. The zero-order valence-corrected chi connectivity index (χ0v) is 19.8. The van der Waals surface area contributed by atoms with Gasteiger partial charge in [0.25, 0.3) is 0 Å². The highest BCUT2D eigenvalue weighted by molar-refractivity contribution is 6.03. The van der Waals surface area contributed by atoms with Gasteiger partial charge in [0.05, 0.1) is 18.2 Å². The van der Waals surface area contributed by atoms with E-state index in [0.29, 0.717) is 23.5 Å². The first kappa shape index (κ1) is 22.0. The molecule has 0 saturated heterocycles. The van der Waals surface area contributed by atoms with E-state index in [-0.39, 0.29) is 11.7 Å². The highest BCUT2D eigenvalue weighted by Gasteiger charge is 2.36. The Morgan fingerprint density at radius 3 is 2.67 bits per heavy atom. The number of aromatic nitrogens is 1. The summed E-state index contributed by atoms with van der Waals surface area (Å²) >= 11 is 0. The van der Waals surface area contributed by atoms with Crippen LogP contribution in [0.2, 0.25) is 0 Å². The lowest BCUT2D eigenvalue weighted by Crippen LogP contribution is -2.27. The second kappa shape index (κ2) is 8.96. The largest absolute Gasteiger partial charge is 0.493 e. The Hall–Kier alpha value is -4.45. The Bertz CT molecular complexity index is 1540. The first-order valence-electron chi connectivity index (χ1n) is 12.0. The van der Waals surface area contributed by atoms with Gasteiger partial charge in [-0.25, -0.2) is 4.79 Å². The molecule has 0 bridgehead atoms. The van der Waals surface area contributed by atoms with E-state index in [2.05, 4.69) is 10.3 Å². The fourth-order valence-corrected chi connectivity index (χ4v) is 5.24. The smallest absolute Gasteiger partial charge is 0.343 e. The lowest BCUT2D eigenvalue weighted by atomic mass is 9.74. The van der Waals surface area contributed by atoms with E-state index in [1.807, 2.05) is 42.5 Å². The number of ether oxygens (including phenoxy) is 2. The first-order chi connectivity index (χ1) is 17.6. The highest BCUT2D eigenvalue weighted by atomic mass is 16.6. The maximum absolute atomic E-state index is 13.3. The average molecular weight is 477 g/mol. The van der Waals surface area contributed by atoms with Gasteiger partial charge < -0.3 is 14.8 Å². The minimum absolute atomic E-state index is 0.152. The van der Waals surface area contributed by atoms with Gasteiger partial charge in [0.2, 0.25) is 0 Å². The molecule has 1 N–H and O–H groups in total. The van der Waals surface area contributed by atoms with Crippen LogP contribution >= 0.6 is 0 Å². The number of carbonyl (C=O) groups is 2. The fraction of sp³-hybridized carbons (Fsp3) is 0.167. The van der Waals surface area contributed by atoms with Crippen LogP contribution in [0.25, 0.3) is 10.9 Å². The van der Waals surface area contributed by atoms with Crippen molar-refractivity contribution in [3.63, 3.8) is 0 Å². The van der Waals surface area contributed by atoms with E-state index in [1.54, 1.807) is 43.6 Å². The van der Waals surface area contributed by atoms with E-state index >= 15 is 0 Å². The summed E-state index contributed by atoms with van der Waals surface area (Å²) in [6.45, 7) is 0. The van der Waals surface area contributed by atoms with Crippen LogP contribution in [0.1, 0.15) is 46.7 Å². The van der Waals surface area contributed by atoms with E-state index in [0.717, 1.165) is 51.8 Å². The van der Waals surface area contributed by atoms with Crippen LogP contribution < -0.4 is 14.8 Å². The second-order valence-corrected chi connectivity index (χ2v) is 8.99. The molecule has 1 aliphatic heterocycles. The molecule has 6 rings (SSSR count). The van der Waals surface area contributed by atoms with Gasteiger partial charge in [0.1, 0.15) is 0 Å². The predicted octanol–water partition coefficient (Wildman–Crippen LogP) is 6.03. The van der Waals surface area contributed by atoms with Gasteiger partial charge in [-0.15, -0.1) is 0 Å². The number of pyridine rings is 1. The lowest BCUT2D eigenvalue weighted by Gasteiger charge is -2.35. The van der Waals surface area contributed by atoms with Gasteiger partial charge in [0, 0.05) is 40.9 Å². The first-order valence-corrected chi connectivity index (χ1v) is 12.0. The minimum atomic E-state index is -0.460. The average Bonchev–Trinajstić information content (AvgIpc) is 2.92. The number of nitrogens with zero attached hydrogens (tertiary/aromatic N) is 1. The molecule has 3 aromatic carbocycles. The Kier molecular flexibility index (Phi) is 5.49. The van der Waals surface area contributed by atoms with Crippen molar-refractivity contribution in [3.05, 3.63) is 107 Å². The minimum Gasteiger partial charge on any atom is -0.493 e. The van der Waals surface area contributed by atoms with Crippen LogP contribution in [-0.4, -0.2) is 23.8 Å². The number of anilines is 1. The quantitative estimate of drug-likeness (QED) is 0.286. The molecule has 0 radical (unpaired) electrons. The van der Waals surface area contributed by atoms with Crippen LogP contribution in [0.3, 0.4) is 0 Å². The summed E-state index contributed by atoms with van der Waals surface area (Å²) in [7, 11) is 1.55. The number of hydrogen-bond donors (Lipinski definition) is 1. The van der Waals surface area contributed by atoms with Crippen molar-refractivity contribution in [2.45, 2.75) is 25.2 Å². The number of rotatable bonds is 4. The summed E-state index contributed by atoms with van der Waals surface area (Å²) in [5, 5.41) is 4.53. The van der Waals surface area contributed by atoms with E-state index in [9.17, 15) is 9.59 Å². The molecule has 2 heterocycles. The standard InChI is InChI=1S/C30H24N2O4/c1-35-26-17-19(12-15-25(26)36-30(34)18-7-3-2-4-8-18)27-28-20-9-6-16-31-21(20)13-14-23(28)32-22-10-5-11-24(33)29(22)27/h2-4,6-9,12-17,27,32H,5,10-11H2,1H3. The Labute approximate surface area is 208 Å². The maximum Gasteiger partial charge on any atom is 0.343 e. The molecule has 0 spiro atoms. The van der Waals surface area contributed by atoms with Gasteiger partial charge in [-0.1, -0.05) is 30.3 Å². The van der Waals surface area contributed by atoms with E-state index in [4.69, 9.17) is 9.47 Å². The number of esters is 1. The monoisotopic (exact) mass is 476 g/mol. The Balaban J connectivity index is 1.48. The summed E-state index contributed by atoms with van der Waals surface area (Å²) in [6.07, 6.45) is 3.96. The summed E-state index contributed by atoms with van der Waals surface area (Å²) in [5.74, 6) is 0.163. The molecule has 6 nitrogen and oxygen atoms in total. The summed E-state index contributed by atoms with van der Waals surface area (Å²) in [4.78, 5) is 30.5. The topological polar surface area (TPSA) is 77.5 Å². The Morgan fingerprint density at radius 1 is 0.972 bits per heavy atom. The molecule has 1 unspecified atom stereocenters. The molecule has 36 heavy (non-hydrogen) atoms. The summed E-state index contributed by atoms with van der Waals surface area (Å²) in [6, 6.07) is 22.4. The number of methoxy groups -OCH3 is 1. The van der Waals surface area contributed by atoms with Crippen LogP contribution in [0.15, 0.2) is 90.3 Å². The molecule has 1 aromatic heterocycles. The molecular formula is C30H24N2O4. The van der Waals surface area contributed by atoms with Gasteiger partial charge >= 0.3 is 5.97 Å². The number of Topliss-reactive ketones (excluding diaryl/α,β-unsaturated/α-hetero) is 1. The number of nitrogens with one attached hydrogen (secondary N) is 1. The van der Waals surface area contributed by atoms with Crippen molar-refractivity contribution in [1.29, 1.82) is 0 Å². The van der Waals surface area contributed by atoms with Crippen molar-refractivity contribution < 1.29 is 19.1 Å². The fourth-order valence-electron chi connectivity index (χ4n) is 5.24. The molecule has 0 fully saturated rings. The highest BCUT2D eigenvalue weighted by Crippen LogP contribution is 2.48. The number of ketones is 1. The molecular weight excluding hydrogens is 452 g/mol. The van der Waals surface area contributed by atoms with Crippen molar-refractivity contribution in [1.82, 2.24) is 4.98 Å². The van der Waals surface area contributed by atoms with Gasteiger partial charge in [-0.3, -0.25) is 9.78 Å².